The maximum atomic E-state index is 11.2. The summed E-state index contributed by atoms with van der Waals surface area (Å²) in [6, 6.07) is 3.64. The molecule has 5 nitrogen and oxygen atoms in total. The van der Waals surface area contributed by atoms with Crippen LogP contribution in [0.15, 0.2) is 17.5 Å². The second kappa shape index (κ2) is 6.78. The number of aryl methyl sites for hydroxylation is 1. The lowest BCUT2D eigenvalue weighted by atomic mass is 10.2. The summed E-state index contributed by atoms with van der Waals surface area (Å²) in [4.78, 5) is 15.6. The van der Waals surface area contributed by atoms with Crippen molar-refractivity contribution in [1.82, 2.24) is 4.98 Å². The predicted molar refractivity (Wildman–Crippen MR) is 83.9 cm³/mol. The molecule has 1 aromatic heterocycles. The minimum atomic E-state index is -0.313. The zero-order chi connectivity index (χ0) is 15.4. The molecule has 7 heteroatoms. The fourth-order valence-corrected chi connectivity index (χ4v) is 2.59. The van der Waals surface area contributed by atoms with Gasteiger partial charge in [-0.05, 0) is 18.6 Å². The van der Waals surface area contributed by atoms with E-state index in [-0.39, 0.29) is 12.4 Å². The number of hydrogen-bond acceptors (Lipinski definition) is 6. The van der Waals surface area contributed by atoms with Crippen molar-refractivity contribution in [2.24, 2.45) is 0 Å². The van der Waals surface area contributed by atoms with Gasteiger partial charge in [-0.15, -0.1) is 11.3 Å². The number of methoxy groups -OCH3 is 2. The normalized spacial score (nSPS) is 10.3. The molecule has 0 spiro atoms. The van der Waals surface area contributed by atoms with Gasteiger partial charge in [0.25, 0.3) is 0 Å². The molecule has 0 saturated heterocycles. The maximum absolute atomic E-state index is 11.2. The van der Waals surface area contributed by atoms with Gasteiger partial charge < -0.3 is 14.8 Å². The van der Waals surface area contributed by atoms with Crippen molar-refractivity contribution in [1.29, 1.82) is 0 Å². The minimum Gasteiger partial charge on any atom is -0.495 e. The van der Waals surface area contributed by atoms with Gasteiger partial charge in [0.2, 0.25) is 0 Å². The van der Waals surface area contributed by atoms with Gasteiger partial charge in [-0.3, -0.25) is 4.79 Å². The van der Waals surface area contributed by atoms with Crippen LogP contribution in [0.5, 0.6) is 5.75 Å². The highest BCUT2D eigenvalue weighted by Crippen LogP contribution is 2.33. The highest BCUT2D eigenvalue weighted by atomic mass is 35.5. The summed E-state index contributed by atoms with van der Waals surface area (Å²) in [5, 5.41) is 6.31. The van der Waals surface area contributed by atoms with Gasteiger partial charge in [0.15, 0.2) is 5.13 Å². The van der Waals surface area contributed by atoms with Gasteiger partial charge in [0.1, 0.15) is 5.75 Å². The molecule has 2 aromatic rings. The lowest BCUT2D eigenvalue weighted by molar-refractivity contribution is -0.139. The van der Waals surface area contributed by atoms with E-state index in [1.807, 2.05) is 18.4 Å². The molecule has 1 N–H and O–H groups in total. The lowest BCUT2D eigenvalue weighted by Gasteiger charge is -2.11. The van der Waals surface area contributed by atoms with Crippen molar-refractivity contribution in [3.63, 3.8) is 0 Å². The lowest BCUT2D eigenvalue weighted by Crippen LogP contribution is -2.04. The first-order valence-electron chi connectivity index (χ1n) is 6.16. The zero-order valence-corrected chi connectivity index (χ0v) is 13.5. The fourth-order valence-electron chi connectivity index (χ4n) is 1.71. The van der Waals surface area contributed by atoms with Gasteiger partial charge in [-0.2, -0.15) is 0 Å². The Bertz CT molecular complexity index is 658. The Labute approximate surface area is 131 Å². The van der Waals surface area contributed by atoms with Crippen molar-refractivity contribution in [2.75, 3.05) is 19.5 Å². The van der Waals surface area contributed by atoms with Crippen LogP contribution in [-0.2, 0) is 16.0 Å². The van der Waals surface area contributed by atoms with E-state index < -0.39 is 0 Å². The van der Waals surface area contributed by atoms with Crippen molar-refractivity contribution < 1.29 is 14.3 Å². The van der Waals surface area contributed by atoms with Gasteiger partial charge in [-0.1, -0.05) is 11.6 Å². The van der Waals surface area contributed by atoms with Crippen molar-refractivity contribution in [3.05, 3.63) is 33.8 Å². The van der Waals surface area contributed by atoms with Crippen LogP contribution >= 0.6 is 22.9 Å². The highest BCUT2D eigenvalue weighted by Gasteiger charge is 2.11. The third-order valence-corrected chi connectivity index (χ3v) is 4.04. The van der Waals surface area contributed by atoms with E-state index in [0.29, 0.717) is 21.6 Å². The van der Waals surface area contributed by atoms with Gasteiger partial charge in [0, 0.05) is 16.5 Å². The Kier molecular flexibility index (Phi) is 5.03. The number of benzene rings is 1. The van der Waals surface area contributed by atoms with Gasteiger partial charge >= 0.3 is 5.97 Å². The first-order chi connectivity index (χ1) is 10.0. The van der Waals surface area contributed by atoms with Crippen molar-refractivity contribution in [3.8, 4) is 5.75 Å². The number of hydrogen-bond donors (Lipinski definition) is 1. The van der Waals surface area contributed by atoms with E-state index in [0.717, 1.165) is 11.3 Å². The average Bonchev–Trinajstić information content (AvgIpc) is 2.89. The van der Waals surface area contributed by atoms with Crippen LogP contribution in [0.2, 0.25) is 5.02 Å². The van der Waals surface area contributed by atoms with E-state index >= 15 is 0 Å². The van der Waals surface area contributed by atoms with Crippen LogP contribution in [0.25, 0.3) is 0 Å². The van der Waals surface area contributed by atoms with E-state index in [4.69, 9.17) is 16.3 Å². The van der Waals surface area contributed by atoms with Crippen LogP contribution in [-0.4, -0.2) is 25.2 Å². The summed E-state index contributed by atoms with van der Waals surface area (Å²) in [6.45, 7) is 1.91. The molecule has 112 valence electrons. The van der Waals surface area contributed by atoms with Crippen LogP contribution in [0, 0.1) is 6.92 Å². The van der Waals surface area contributed by atoms with E-state index in [1.165, 1.54) is 18.4 Å². The van der Waals surface area contributed by atoms with Crippen molar-refractivity contribution in [2.45, 2.75) is 13.3 Å². The average molecular weight is 327 g/mol. The third kappa shape index (κ3) is 3.86. The Morgan fingerprint density at radius 2 is 2.19 bits per heavy atom. The number of thiazole rings is 1. The number of nitrogens with one attached hydrogen (secondary N) is 1. The molecule has 0 aliphatic carbocycles. The van der Waals surface area contributed by atoms with E-state index in [2.05, 4.69) is 15.0 Å². The SMILES string of the molecule is COC(=O)Cc1csc(Nc2cc(C)c(Cl)cc2OC)n1. The molecule has 0 bridgehead atoms. The monoisotopic (exact) mass is 326 g/mol. The molecule has 2 rings (SSSR count). The quantitative estimate of drug-likeness (QED) is 0.851. The summed E-state index contributed by atoms with van der Waals surface area (Å²) >= 11 is 7.48. The minimum absolute atomic E-state index is 0.158. The third-order valence-electron chi connectivity index (χ3n) is 2.83. The molecule has 0 saturated carbocycles. The molecule has 0 aliphatic heterocycles. The van der Waals surface area contributed by atoms with E-state index in [1.54, 1.807) is 13.2 Å². The van der Waals surface area contributed by atoms with Gasteiger partial charge in [0.05, 0.1) is 32.0 Å². The Balaban J connectivity index is 2.18. The summed E-state index contributed by atoms with van der Waals surface area (Å²) in [7, 11) is 2.94. The number of esters is 1. The molecule has 0 amide bonds. The number of anilines is 2. The molecule has 0 unspecified atom stereocenters. The number of ether oxygens (including phenoxy) is 2. The smallest absolute Gasteiger partial charge is 0.311 e. The van der Waals surface area contributed by atoms with E-state index in [9.17, 15) is 4.79 Å². The molecule has 0 radical (unpaired) electrons. The Hall–Kier alpha value is -1.79. The number of rotatable bonds is 5. The molecule has 0 fully saturated rings. The maximum Gasteiger partial charge on any atom is 0.311 e. The molecule has 1 aromatic carbocycles. The summed E-state index contributed by atoms with van der Waals surface area (Å²) in [5.41, 5.74) is 2.38. The first-order valence-corrected chi connectivity index (χ1v) is 7.41. The zero-order valence-electron chi connectivity index (χ0n) is 11.9. The van der Waals surface area contributed by atoms with Gasteiger partial charge in [-0.25, -0.2) is 4.98 Å². The summed E-state index contributed by atoms with van der Waals surface area (Å²) in [6.07, 6.45) is 0.158. The van der Waals surface area contributed by atoms with Crippen molar-refractivity contribution >= 4 is 39.7 Å². The standard InChI is InChI=1S/C14H15ClN2O3S/c1-8-4-11(12(19-2)6-10(8)15)17-14-16-9(7-21-14)5-13(18)20-3/h4,6-7H,5H2,1-3H3,(H,16,17). The second-order valence-corrected chi connectivity index (χ2v) is 5.59. The first kappa shape index (κ1) is 15.6. The molecule has 0 atom stereocenters. The number of carbonyl (C=O) groups is 1. The van der Waals surface area contributed by atoms with Crippen LogP contribution in [0.1, 0.15) is 11.3 Å². The Morgan fingerprint density at radius 3 is 2.86 bits per heavy atom. The number of carbonyl (C=O) groups excluding carboxylic acids is 1. The van der Waals surface area contributed by atoms with Crippen LogP contribution < -0.4 is 10.1 Å². The van der Waals surface area contributed by atoms with Crippen LogP contribution in [0.4, 0.5) is 10.8 Å². The summed E-state index contributed by atoms with van der Waals surface area (Å²) in [5.74, 6) is 0.321. The highest BCUT2D eigenvalue weighted by molar-refractivity contribution is 7.13. The van der Waals surface area contributed by atoms with Crippen LogP contribution in [0.3, 0.4) is 0 Å². The number of aromatic nitrogens is 1. The Morgan fingerprint density at radius 1 is 1.43 bits per heavy atom. The molecule has 21 heavy (non-hydrogen) atoms. The fraction of sp³-hybridized carbons (Fsp3) is 0.286. The predicted octanol–water partition coefficient (Wildman–Crippen LogP) is 3.57. The largest absolute Gasteiger partial charge is 0.495 e. The number of nitrogens with zero attached hydrogens (tertiary/aromatic N) is 1. The summed E-state index contributed by atoms with van der Waals surface area (Å²) < 4.78 is 9.92. The number of halogens is 1. The topological polar surface area (TPSA) is 60.5 Å². The molecular formula is C14H15ClN2O3S. The molecular weight excluding hydrogens is 312 g/mol. The molecule has 1 heterocycles. The second-order valence-electron chi connectivity index (χ2n) is 4.32. The molecule has 0 aliphatic rings.